The largest absolute Gasteiger partial charge is 0.457 e. The Hall–Kier alpha value is -3.96. The van der Waals surface area contributed by atoms with E-state index in [1.165, 1.54) is 3.97 Å². The maximum absolute atomic E-state index is 13.5. The van der Waals surface area contributed by atoms with Crippen LogP contribution in [0.5, 0.6) is 11.5 Å². The lowest BCUT2D eigenvalue weighted by Crippen LogP contribution is -2.14. The van der Waals surface area contributed by atoms with E-state index in [0.717, 1.165) is 33.3 Å². The summed E-state index contributed by atoms with van der Waals surface area (Å²) in [6.07, 6.45) is 3.54. The van der Waals surface area contributed by atoms with Crippen LogP contribution < -0.4 is 15.6 Å². The fourth-order valence-corrected chi connectivity index (χ4v) is 5.53. The van der Waals surface area contributed by atoms with Gasteiger partial charge in [-0.3, -0.25) is 5.43 Å². The lowest BCUT2D eigenvalue weighted by Gasteiger charge is -2.15. The van der Waals surface area contributed by atoms with Crippen molar-refractivity contribution < 1.29 is 13.2 Å². The fraction of sp³-hybridized carbons (Fsp3) is 0.222. The summed E-state index contributed by atoms with van der Waals surface area (Å²) in [5.41, 5.74) is 10.3. The van der Waals surface area contributed by atoms with Gasteiger partial charge >= 0.3 is 0 Å². The average molecular weight is 489 g/mol. The van der Waals surface area contributed by atoms with E-state index in [2.05, 4.69) is 10.9 Å². The van der Waals surface area contributed by atoms with E-state index in [4.69, 9.17) is 10.00 Å². The van der Waals surface area contributed by atoms with Crippen molar-refractivity contribution >= 4 is 26.6 Å². The third kappa shape index (κ3) is 4.68. The molecule has 180 valence electrons. The summed E-state index contributed by atoms with van der Waals surface area (Å²) in [6.45, 7) is 9.88. The van der Waals surface area contributed by atoms with Crippen molar-refractivity contribution in [3.05, 3.63) is 83.0 Å². The number of anilines is 1. The van der Waals surface area contributed by atoms with E-state index in [9.17, 15) is 8.42 Å². The van der Waals surface area contributed by atoms with Gasteiger partial charge in [-0.05, 0) is 85.8 Å². The van der Waals surface area contributed by atoms with Crippen LogP contribution in [-0.4, -0.2) is 12.4 Å². The standard InChI is InChI=1S/C27H28N4O3S/c1-17(2)25-15-31(35(32,33)23-9-6-18(3)7-10-23)26-11-8-22(14-24(25)26)34-27-19(4)12-21(13-20(27)5)30-29-16-28/h6-15,17,29-30H,1-5H3. The molecule has 0 aliphatic carbocycles. The second-order valence-electron chi connectivity index (χ2n) is 8.94. The van der Waals surface area contributed by atoms with Crippen LogP contribution in [0.15, 0.2) is 65.7 Å². The summed E-state index contributed by atoms with van der Waals surface area (Å²) >= 11 is 0. The summed E-state index contributed by atoms with van der Waals surface area (Å²) < 4.78 is 34.6. The van der Waals surface area contributed by atoms with Gasteiger partial charge in [0.05, 0.1) is 16.1 Å². The molecular weight excluding hydrogens is 460 g/mol. The Balaban J connectivity index is 1.77. The van der Waals surface area contributed by atoms with E-state index >= 15 is 0 Å². The Morgan fingerprint density at radius 3 is 2.23 bits per heavy atom. The van der Waals surface area contributed by atoms with Crippen molar-refractivity contribution in [1.82, 2.24) is 9.40 Å². The van der Waals surface area contributed by atoms with Gasteiger partial charge in [-0.1, -0.05) is 31.5 Å². The van der Waals surface area contributed by atoms with Gasteiger partial charge in [0, 0.05) is 11.6 Å². The molecule has 8 heteroatoms. The predicted octanol–water partition coefficient (Wildman–Crippen LogP) is 6.12. The predicted molar refractivity (Wildman–Crippen MR) is 138 cm³/mol. The minimum absolute atomic E-state index is 0.115. The van der Waals surface area contributed by atoms with Gasteiger partial charge in [0.25, 0.3) is 10.0 Å². The quantitative estimate of drug-likeness (QED) is 0.185. The molecular formula is C27H28N4O3S. The van der Waals surface area contributed by atoms with Gasteiger partial charge in [0.15, 0.2) is 6.19 Å². The normalized spacial score (nSPS) is 11.5. The fourth-order valence-electron chi connectivity index (χ4n) is 4.15. The molecule has 4 rings (SSSR count). The second-order valence-corrected chi connectivity index (χ2v) is 10.7. The Morgan fingerprint density at radius 1 is 0.971 bits per heavy atom. The van der Waals surface area contributed by atoms with Gasteiger partial charge in [0.1, 0.15) is 11.5 Å². The number of hydrogen-bond acceptors (Lipinski definition) is 6. The van der Waals surface area contributed by atoms with E-state index in [0.29, 0.717) is 17.0 Å². The summed E-state index contributed by atoms with van der Waals surface area (Å²) in [5, 5.41) is 9.54. The molecule has 2 N–H and O–H groups in total. The van der Waals surface area contributed by atoms with Crippen molar-refractivity contribution in [2.45, 2.75) is 45.4 Å². The van der Waals surface area contributed by atoms with Crippen molar-refractivity contribution in [3.63, 3.8) is 0 Å². The molecule has 1 aromatic heterocycles. The third-order valence-electron chi connectivity index (χ3n) is 5.92. The van der Waals surface area contributed by atoms with Crippen molar-refractivity contribution in [1.29, 1.82) is 5.26 Å². The molecule has 0 aliphatic rings. The zero-order chi connectivity index (χ0) is 25.3. The Labute approximate surface area is 206 Å². The average Bonchev–Trinajstić information content (AvgIpc) is 3.20. The van der Waals surface area contributed by atoms with Crippen LogP contribution in [0.3, 0.4) is 0 Å². The van der Waals surface area contributed by atoms with Gasteiger partial charge < -0.3 is 4.74 Å². The smallest absolute Gasteiger partial charge is 0.268 e. The summed E-state index contributed by atoms with van der Waals surface area (Å²) in [6, 6.07) is 16.1. The van der Waals surface area contributed by atoms with E-state index in [1.807, 2.05) is 59.0 Å². The van der Waals surface area contributed by atoms with Crippen LogP contribution in [-0.2, 0) is 10.0 Å². The number of nitriles is 1. The molecule has 4 aromatic rings. The molecule has 3 aromatic carbocycles. The van der Waals surface area contributed by atoms with Crippen LogP contribution in [0.2, 0.25) is 0 Å². The number of hydrazine groups is 1. The van der Waals surface area contributed by atoms with Crippen LogP contribution >= 0.6 is 0 Å². The molecule has 0 fully saturated rings. The van der Waals surface area contributed by atoms with Crippen molar-refractivity contribution in [3.8, 4) is 17.7 Å². The number of fused-ring (bicyclic) bond motifs is 1. The number of nitrogens with zero attached hydrogens (tertiary/aromatic N) is 2. The molecule has 0 amide bonds. The Kier molecular flexibility index (Phi) is 6.46. The highest BCUT2D eigenvalue weighted by molar-refractivity contribution is 7.90. The van der Waals surface area contributed by atoms with Gasteiger partial charge in [-0.25, -0.2) is 17.8 Å². The first kappa shape index (κ1) is 24.2. The van der Waals surface area contributed by atoms with E-state index in [1.54, 1.807) is 42.6 Å². The van der Waals surface area contributed by atoms with Crippen molar-refractivity contribution in [2.75, 3.05) is 5.43 Å². The number of rotatable bonds is 7. The lowest BCUT2D eigenvalue weighted by molar-refractivity contribution is 0.476. The van der Waals surface area contributed by atoms with Crippen LogP contribution in [0.25, 0.3) is 10.9 Å². The first-order valence-electron chi connectivity index (χ1n) is 11.3. The summed E-state index contributed by atoms with van der Waals surface area (Å²) in [7, 11) is -3.75. The van der Waals surface area contributed by atoms with E-state index in [-0.39, 0.29) is 10.8 Å². The maximum Gasteiger partial charge on any atom is 0.268 e. The molecule has 0 bridgehead atoms. The number of nitrogens with one attached hydrogen (secondary N) is 2. The highest BCUT2D eigenvalue weighted by Crippen LogP contribution is 2.36. The van der Waals surface area contributed by atoms with E-state index < -0.39 is 10.0 Å². The van der Waals surface area contributed by atoms with Gasteiger partial charge in [-0.15, -0.1) is 0 Å². The van der Waals surface area contributed by atoms with Crippen LogP contribution in [0, 0.1) is 32.2 Å². The SMILES string of the molecule is Cc1ccc(S(=O)(=O)n2cc(C(C)C)c3cc(Oc4c(C)cc(NNC#N)cc4C)ccc32)cc1. The van der Waals surface area contributed by atoms with Crippen molar-refractivity contribution in [2.24, 2.45) is 0 Å². The maximum atomic E-state index is 13.5. The summed E-state index contributed by atoms with van der Waals surface area (Å²) in [4.78, 5) is 0.251. The molecule has 0 unspecified atom stereocenters. The molecule has 0 saturated heterocycles. The van der Waals surface area contributed by atoms with Gasteiger partial charge in [0.2, 0.25) is 0 Å². The minimum atomic E-state index is -3.75. The number of aryl methyl sites for hydroxylation is 3. The second kappa shape index (κ2) is 9.35. The number of ether oxygens (including phenoxy) is 1. The highest BCUT2D eigenvalue weighted by atomic mass is 32.2. The topological polar surface area (TPSA) is 96.2 Å². The molecule has 0 aliphatic heterocycles. The highest BCUT2D eigenvalue weighted by Gasteiger charge is 2.23. The molecule has 0 saturated carbocycles. The number of hydrogen-bond donors (Lipinski definition) is 2. The first-order valence-corrected chi connectivity index (χ1v) is 12.7. The zero-order valence-corrected chi connectivity index (χ0v) is 21.2. The summed E-state index contributed by atoms with van der Waals surface area (Å²) in [5.74, 6) is 1.44. The Bertz CT molecular complexity index is 1520. The molecule has 0 spiro atoms. The molecule has 0 atom stereocenters. The van der Waals surface area contributed by atoms with Gasteiger partial charge in [-0.2, -0.15) is 5.26 Å². The molecule has 0 radical (unpaired) electrons. The number of benzene rings is 3. The Morgan fingerprint density at radius 2 is 1.63 bits per heavy atom. The third-order valence-corrected chi connectivity index (χ3v) is 7.60. The minimum Gasteiger partial charge on any atom is -0.457 e. The molecule has 35 heavy (non-hydrogen) atoms. The van der Waals surface area contributed by atoms with Crippen LogP contribution in [0.1, 0.15) is 42.0 Å². The zero-order valence-electron chi connectivity index (χ0n) is 20.4. The number of aromatic nitrogens is 1. The first-order chi connectivity index (χ1) is 16.6. The monoisotopic (exact) mass is 488 g/mol. The lowest BCUT2D eigenvalue weighted by atomic mass is 10.0. The van der Waals surface area contributed by atoms with Crippen LogP contribution in [0.4, 0.5) is 5.69 Å². The molecule has 7 nitrogen and oxygen atoms in total. The molecule has 1 heterocycles.